The van der Waals surface area contributed by atoms with E-state index in [2.05, 4.69) is 5.32 Å². The number of fused-ring (bicyclic) bond motifs is 1. The van der Waals surface area contributed by atoms with Gasteiger partial charge >= 0.3 is 5.76 Å². The molecule has 0 saturated carbocycles. The highest BCUT2D eigenvalue weighted by molar-refractivity contribution is 5.74. The molecule has 1 N–H and O–H groups in total. The van der Waals surface area contributed by atoms with Crippen LogP contribution in [0.15, 0.2) is 27.4 Å². The second-order valence-electron chi connectivity index (χ2n) is 4.29. The van der Waals surface area contributed by atoms with Gasteiger partial charge in [0.1, 0.15) is 11.9 Å². The van der Waals surface area contributed by atoms with E-state index < -0.39 is 0 Å². The number of aromatic nitrogens is 1. The molecule has 1 unspecified atom stereocenters. The predicted octanol–water partition coefficient (Wildman–Crippen LogP) is 0.872. The molecule has 2 heterocycles. The molecule has 0 aliphatic carbocycles. The van der Waals surface area contributed by atoms with E-state index in [4.69, 9.17) is 9.15 Å². The first-order chi connectivity index (χ1) is 8.24. The molecule has 5 heteroatoms. The smallest absolute Gasteiger partial charge is 0.419 e. The minimum atomic E-state index is -0.348. The van der Waals surface area contributed by atoms with Crippen molar-refractivity contribution in [1.29, 1.82) is 0 Å². The Morgan fingerprint density at radius 1 is 1.53 bits per heavy atom. The zero-order valence-corrected chi connectivity index (χ0v) is 9.60. The summed E-state index contributed by atoms with van der Waals surface area (Å²) in [5.74, 6) is 0.403. The van der Waals surface area contributed by atoms with Crippen molar-refractivity contribution in [2.24, 2.45) is 7.05 Å². The van der Waals surface area contributed by atoms with E-state index in [1.54, 1.807) is 13.1 Å². The summed E-state index contributed by atoms with van der Waals surface area (Å²) < 4.78 is 12.4. The van der Waals surface area contributed by atoms with E-state index >= 15 is 0 Å². The summed E-state index contributed by atoms with van der Waals surface area (Å²) in [6.45, 7) is 1.87. The third-order valence-electron chi connectivity index (χ3n) is 3.08. The van der Waals surface area contributed by atoms with Gasteiger partial charge in [-0.25, -0.2) is 4.79 Å². The summed E-state index contributed by atoms with van der Waals surface area (Å²) in [6, 6.07) is 5.49. The minimum Gasteiger partial charge on any atom is -0.489 e. The lowest BCUT2D eigenvalue weighted by molar-refractivity contribution is 0.223. The van der Waals surface area contributed by atoms with Crippen molar-refractivity contribution >= 4 is 11.1 Å². The number of hydrogen-bond donors (Lipinski definition) is 1. The van der Waals surface area contributed by atoms with Crippen LogP contribution in [0.25, 0.3) is 11.1 Å². The zero-order chi connectivity index (χ0) is 11.8. The molecule has 1 aromatic carbocycles. The number of oxazole rings is 1. The molecule has 0 radical (unpaired) electrons. The molecule has 3 rings (SSSR count). The zero-order valence-electron chi connectivity index (χ0n) is 9.60. The maximum atomic E-state index is 11.3. The summed E-state index contributed by atoms with van der Waals surface area (Å²) in [4.78, 5) is 11.3. The van der Waals surface area contributed by atoms with Crippen LogP contribution in [-0.4, -0.2) is 23.8 Å². The van der Waals surface area contributed by atoms with Gasteiger partial charge in [-0.05, 0) is 25.1 Å². The molecule has 1 aromatic heterocycles. The lowest BCUT2D eigenvalue weighted by atomic mass is 10.3. The monoisotopic (exact) mass is 234 g/mol. The van der Waals surface area contributed by atoms with E-state index in [1.807, 2.05) is 12.1 Å². The topological polar surface area (TPSA) is 56.4 Å². The molecule has 1 aliphatic heterocycles. The van der Waals surface area contributed by atoms with E-state index in [0.717, 1.165) is 30.8 Å². The van der Waals surface area contributed by atoms with Gasteiger partial charge in [0.25, 0.3) is 0 Å². The average molecular weight is 234 g/mol. The van der Waals surface area contributed by atoms with E-state index in [9.17, 15) is 4.79 Å². The SMILES string of the molecule is Cn1c(=O)oc2cc(OC3CCNC3)ccc21. The molecule has 1 saturated heterocycles. The highest BCUT2D eigenvalue weighted by atomic mass is 16.5. The van der Waals surface area contributed by atoms with Crippen LogP contribution in [0.4, 0.5) is 0 Å². The van der Waals surface area contributed by atoms with Crippen molar-refractivity contribution in [2.75, 3.05) is 13.1 Å². The second-order valence-corrected chi connectivity index (χ2v) is 4.29. The Kier molecular flexibility index (Phi) is 2.40. The maximum absolute atomic E-state index is 11.3. The van der Waals surface area contributed by atoms with Gasteiger partial charge in [0.05, 0.1) is 5.52 Å². The first kappa shape index (κ1) is 10.4. The Hall–Kier alpha value is -1.75. The Labute approximate surface area is 98.0 Å². The number of hydrogen-bond acceptors (Lipinski definition) is 4. The average Bonchev–Trinajstić information content (AvgIpc) is 2.89. The van der Waals surface area contributed by atoms with Crippen LogP contribution < -0.4 is 15.8 Å². The molecule has 0 bridgehead atoms. The Bertz CT molecular complexity index is 593. The first-order valence-corrected chi connectivity index (χ1v) is 5.71. The molecule has 5 nitrogen and oxygen atoms in total. The molecular formula is C12H14N2O3. The van der Waals surface area contributed by atoms with Crippen molar-refractivity contribution in [1.82, 2.24) is 9.88 Å². The van der Waals surface area contributed by atoms with Crippen molar-refractivity contribution in [3.8, 4) is 5.75 Å². The van der Waals surface area contributed by atoms with Gasteiger partial charge in [-0.2, -0.15) is 0 Å². The van der Waals surface area contributed by atoms with E-state index in [1.165, 1.54) is 4.57 Å². The van der Waals surface area contributed by atoms with Gasteiger partial charge in [-0.15, -0.1) is 0 Å². The fraction of sp³-hybridized carbons (Fsp3) is 0.417. The molecule has 17 heavy (non-hydrogen) atoms. The number of rotatable bonds is 2. The highest BCUT2D eigenvalue weighted by Gasteiger charge is 2.16. The fourth-order valence-electron chi connectivity index (χ4n) is 2.11. The van der Waals surface area contributed by atoms with Crippen molar-refractivity contribution in [3.63, 3.8) is 0 Å². The molecule has 2 aromatic rings. The summed E-state index contributed by atoms with van der Waals surface area (Å²) in [5.41, 5.74) is 1.35. The maximum Gasteiger partial charge on any atom is 0.419 e. The quantitative estimate of drug-likeness (QED) is 0.837. The molecular weight excluding hydrogens is 220 g/mol. The minimum absolute atomic E-state index is 0.211. The first-order valence-electron chi connectivity index (χ1n) is 5.71. The lowest BCUT2D eigenvalue weighted by Crippen LogP contribution is -2.19. The van der Waals surface area contributed by atoms with Gasteiger partial charge in [0.15, 0.2) is 5.58 Å². The number of aryl methyl sites for hydroxylation is 1. The van der Waals surface area contributed by atoms with Gasteiger partial charge < -0.3 is 14.5 Å². The molecule has 1 fully saturated rings. The standard InChI is InChI=1S/C12H14N2O3/c1-14-10-3-2-8(6-11(10)17-12(14)15)16-9-4-5-13-7-9/h2-3,6,9,13H,4-5,7H2,1H3. The van der Waals surface area contributed by atoms with Crippen molar-refractivity contribution in [2.45, 2.75) is 12.5 Å². The summed E-state index contributed by atoms with van der Waals surface area (Å²) in [7, 11) is 1.69. The highest BCUT2D eigenvalue weighted by Crippen LogP contribution is 2.21. The van der Waals surface area contributed by atoms with Gasteiger partial charge in [0, 0.05) is 19.7 Å². The summed E-state index contributed by atoms with van der Waals surface area (Å²) in [5, 5.41) is 3.24. The van der Waals surface area contributed by atoms with Gasteiger partial charge in [-0.1, -0.05) is 0 Å². The summed E-state index contributed by atoms with van der Waals surface area (Å²) >= 11 is 0. The van der Waals surface area contributed by atoms with Gasteiger partial charge in [0.2, 0.25) is 0 Å². The van der Waals surface area contributed by atoms with Crippen LogP contribution in [0.3, 0.4) is 0 Å². The number of nitrogens with zero attached hydrogens (tertiary/aromatic N) is 1. The largest absolute Gasteiger partial charge is 0.489 e. The lowest BCUT2D eigenvalue weighted by Gasteiger charge is -2.11. The molecule has 1 aliphatic rings. The predicted molar refractivity (Wildman–Crippen MR) is 63.4 cm³/mol. The Morgan fingerprint density at radius 2 is 2.41 bits per heavy atom. The van der Waals surface area contributed by atoms with Crippen molar-refractivity contribution < 1.29 is 9.15 Å². The van der Waals surface area contributed by atoms with Crippen LogP contribution >= 0.6 is 0 Å². The normalized spacial score (nSPS) is 19.9. The Morgan fingerprint density at radius 3 is 3.18 bits per heavy atom. The van der Waals surface area contributed by atoms with Crippen LogP contribution in [0, 0.1) is 0 Å². The molecule has 1 atom stereocenters. The third-order valence-corrected chi connectivity index (χ3v) is 3.08. The summed E-state index contributed by atoms with van der Waals surface area (Å²) in [6.07, 6.45) is 1.22. The number of benzene rings is 1. The van der Waals surface area contributed by atoms with Crippen LogP contribution in [0.1, 0.15) is 6.42 Å². The second kappa shape index (κ2) is 3.92. The van der Waals surface area contributed by atoms with Crippen LogP contribution in [-0.2, 0) is 7.05 Å². The molecule has 90 valence electrons. The molecule has 0 amide bonds. The van der Waals surface area contributed by atoms with Gasteiger partial charge in [-0.3, -0.25) is 4.57 Å². The number of ether oxygens (including phenoxy) is 1. The Balaban J connectivity index is 1.93. The third kappa shape index (κ3) is 1.82. The van der Waals surface area contributed by atoms with E-state index in [0.29, 0.717) is 5.58 Å². The van der Waals surface area contributed by atoms with E-state index in [-0.39, 0.29) is 11.9 Å². The molecule has 0 spiro atoms. The van der Waals surface area contributed by atoms with Crippen LogP contribution in [0.2, 0.25) is 0 Å². The fourth-order valence-corrected chi connectivity index (χ4v) is 2.11. The van der Waals surface area contributed by atoms with Crippen molar-refractivity contribution in [3.05, 3.63) is 28.7 Å². The van der Waals surface area contributed by atoms with Crippen LogP contribution in [0.5, 0.6) is 5.75 Å². The number of nitrogens with one attached hydrogen (secondary N) is 1.